The van der Waals surface area contributed by atoms with Crippen LogP contribution in [0.25, 0.3) is 11.5 Å². The summed E-state index contributed by atoms with van der Waals surface area (Å²) in [6.07, 6.45) is 1.32. The summed E-state index contributed by atoms with van der Waals surface area (Å²) < 4.78 is 5.21. The first-order valence-electron chi connectivity index (χ1n) is 6.35. The lowest BCUT2D eigenvalue weighted by molar-refractivity contribution is 0.568. The maximum absolute atomic E-state index is 8.84. The predicted octanol–water partition coefficient (Wildman–Crippen LogP) is 3.59. The van der Waals surface area contributed by atoms with Crippen molar-refractivity contribution >= 4 is 17.0 Å². The minimum atomic E-state index is 0.501. The van der Waals surface area contributed by atoms with Gasteiger partial charge in [-0.05, 0) is 30.7 Å². The van der Waals surface area contributed by atoms with Gasteiger partial charge < -0.3 is 9.73 Å². The molecule has 0 aliphatic carbocycles. The summed E-state index contributed by atoms with van der Waals surface area (Å²) in [5.41, 5.74) is 3.73. The van der Waals surface area contributed by atoms with Crippen LogP contribution in [-0.2, 0) is 6.54 Å². The summed E-state index contributed by atoms with van der Waals surface area (Å²) in [6.45, 7) is 2.72. The lowest BCUT2D eigenvalue weighted by Crippen LogP contribution is -1.99. The molecular formula is C15H12N4OS. The van der Waals surface area contributed by atoms with Crippen LogP contribution in [0, 0.1) is 18.3 Å². The van der Waals surface area contributed by atoms with E-state index in [0.29, 0.717) is 18.0 Å². The van der Waals surface area contributed by atoms with Gasteiger partial charge in [-0.25, -0.2) is 0 Å². The molecule has 0 spiro atoms. The molecule has 1 aromatic carbocycles. The monoisotopic (exact) mass is 296 g/mol. The van der Waals surface area contributed by atoms with Crippen LogP contribution in [0.4, 0.5) is 5.69 Å². The number of aryl methyl sites for hydroxylation is 1. The van der Waals surface area contributed by atoms with Gasteiger partial charge in [0.25, 0.3) is 0 Å². The smallest absolute Gasteiger partial charge is 0.247 e. The van der Waals surface area contributed by atoms with Crippen molar-refractivity contribution in [2.75, 3.05) is 5.32 Å². The van der Waals surface area contributed by atoms with Crippen LogP contribution in [0.3, 0.4) is 0 Å². The van der Waals surface area contributed by atoms with Crippen LogP contribution < -0.4 is 5.32 Å². The molecule has 0 unspecified atom stereocenters. The van der Waals surface area contributed by atoms with Gasteiger partial charge >= 0.3 is 0 Å². The van der Waals surface area contributed by atoms with Crippen molar-refractivity contribution in [1.82, 2.24) is 10.2 Å². The molecular weight excluding hydrogens is 284 g/mol. The van der Waals surface area contributed by atoms with E-state index in [1.807, 2.05) is 36.6 Å². The standard InChI is InChI=1S/C15H12N4OS/c1-10-2-3-12(15-19-18-9-20-15)5-14(10)17-7-13-4-11(6-16)8-21-13/h2-5,8-9,17H,7H2,1H3. The minimum Gasteiger partial charge on any atom is -0.423 e. The molecule has 0 saturated carbocycles. The van der Waals surface area contributed by atoms with E-state index in [9.17, 15) is 0 Å². The second-order valence-electron chi connectivity index (χ2n) is 4.54. The molecule has 2 aromatic heterocycles. The fourth-order valence-corrected chi connectivity index (χ4v) is 2.71. The van der Waals surface area contributed by atoms with Crippen molar-refractivity contribution in [2.24, 2.45) is 0 Å². The highest BCUT2D eigenvalue weighted by atomic mass is 32.1. The van der Waals surface area contributed by atoms with Crippen LogP contribution in [0.5, 0.6) is 0 Å². The van der Waals surface area contributed by atoms with Crippen LogP contribution in [-0.4, -0.2) is 10.2 Å². The van der Waals surface area contributed by atoms with Crippen molar-refractivity contribution in [2.45, 2.75) is 13.5 Å². The van der Waals surface area contributed by atoms with E-state index in [0.717, 1.165) is 21.7 Å². The second-order valence-corrected chi connectivity index (χ2v) is 5.54. The van der Waals surface area contributed by atoms with Crippen LogP contribution >= 0.6 is 11.3 Å². The molecule has 0 aliphatic rings. The molecule has 5 nitrogen and oxygen atoms in total. The quantitative estimate of drug-likeness (QED) is 0.796. The molecule has 0 bridgehead atoms. The number of hydrogen-bond donors (Lipinski definition) is 1. The maximum atomic E-state index is 8.84. The summed E-state index contributed by atoms with van der Waals surface area (Å²) in [6, 6.07) is 9.99. The van der Waals surface area contributed by atoms with Gasteiger partial charge in [0, 0.05) is 28.1 Å². The number of thiophene rings is 1. The Bertz CT molecular complexity index is 786. The third-order valence-corrected chi connectivity index (χ3v) is 4.02. The zero-order chi connectivity index (χ0) is 14.7. The highest BCUT2D eigenvalue weighted by molar-refractivity contribution is 7.10. The molecule has 0 atom stereocenters. The second kappa shape index (κ2) is 5.77. The normalized spacial score (nSPS) is 10.3. The summed E-state index contributed by atoms with van der Waals surface area (Å²) in [5, 5.41) is 21.7. The molecule has 0 fully saturated rings. The zero-order valence-electron chi connectivity index (χ0n) is 11.3. The van der Waals surface area contributed by atoms with Gasteiger partial charge in [0.2, 0.25) is 12.3 Å². The first kappa shape index (κ1) is 13.3. The van der Waals surface area contributed by atoms with Crippen molar-refractivity contribution in [1.29, 1.82) is 5.26 Å². The van der Waals surface area contributed by atoms with Gasteiger partial charge in [-0.2, -0.15) is 5.26 Å². The van der Waals surface area contributed by atoms with Crippen molar-refractivity contribution in [3.63, 3.8) is 0 Å². The van der Waals surface area contributed by atoms with E-state index < -0.39 is 0 Å². The Morgan fingerprint density at radius 3 is 3.00 bits per heavy atom. The van der Waals surface area contributed by atoms with Gasteiger partial charge in [0.1, 0.15) is 6.07 Å². The Kier molecular flexibility index (Phi) is 3.67. The van der Waals surface area contributed by atoms with Gasteiger partial charge in [-0.15, -0.1) is 21.5 Å². The number of anilines is 1. The fraction of sp³-hybridized carbons (Fsp3) is 0.133. The average molecular weight is 296 g/mol. The number of hydrogen-bond acceptors (Lipinski definition) is 6. The van der Waals surface area contributed by atoms with Crippen LogP contribution in [0.15, 0.2) is 40.5 Å². The first-order valence-corrected chi connectivity index (χ1v) is 7.23. The number of nitrogens with zero attached hydrogens (tertiary/aromatic N) is 3. The molecule has 3 rings (SSSR count). The summed E-state index contributed by atoms with van der Waals surface area (Å²) in [5.74, 6) is 0.501. The summed E-state index contributed by atoms with van der Waals surface area (Å²) in [4.78, 5) is 1.12. The van der Waals surface area contributed by atoms with E-state index in [1.165, 1.54) is 6.39 Å². The molecule has 104 valence electrons. The Balaban J connectivity index is 1.78. The van der Waals surface area contributed by atoms with Gasteiger partial charge in [0.05, 0.1) is 5.56 Å². The first-order chi connectivity index (χ1) is 10.3. The molecule has 21 heavy (non-hydrogen) atoms. The molecule has 6 heteroatoms. The van der Waals surface area contributed by atoms with E-state index in [4.69, 9.17) is 9.68 Å². The topological polar surface area (TPSA) is 74.7 Å². The molecule has 1 N–H and O–H groups in total. The molecule has 0 aliphatic heterocycles. The molecule has 0 radical (unpaired) electrons. The van der Waals surface area contributed by atoms with Crippen LogP contribution in [0.2, 0.25) is 0 Å². The fourth-order valence-electron chi connectivity index (χ4n) is 1.96. The Morgan fingerprint density at radius 2 is 2.29 bits per heavy atom. The number of benzene rings is 1. The largest absolute Gasteiger partial charge is 0.423 e. The predicted molar refractivity (Wildman–Crippen MR) is 80.8 cm³/mol. The van der Waals surface area contributed by atoms with Crippen molar-refractivity contribution in [3.05, 3.63) is 52.0 Å². The van der Waals surface area contributed by atoms with Gasteiger partial charge in [0.15, 0.2) is 0 Å². The molecule has 2 heterocycles. The van der Waals surface area contributed by atoms with Crippen LogP contribution in [0.1, 0.15) is 16.0 Å². The third kappa shape index (κ3) is 2.93. The molecule has 3 aromatic rings. The molecule has 0 saturated heterocycles. The third-order valence-electron chi connectivity index (χ3n) is 3.08. The summed E-state index contributed by atoms with van der Waals surface area (Å²) in [7, 11) is 0. The summed E-state index contributed by atoms with van der Waals surface area (Å²) >= 11 is 1.58. The van der Waals surface area contributed by atoms with Gasteiger partial charge in [-0.1, -0.05) is 6.07 Å². The number of nitriles is 1. The Morgan fingerprint density at radius 1 is 1.38 bits per heavy atom. The van der Waals surface area contributed by atoms with E-state index in [1.54, 1.807) is 11.3 Å². The lowest BCUT2D eigenvalue weighted by Gasteiger charge is -2.09. The van der Waals surface area contributed by atoms with Gasteiger partial charge in [-0.3, -0.25) is 0 Å². The number of nitrogens with one attached hydrogen (secondary N) is 1. The number of aromatic nitrogens is 2. The zero-order valence-corrected chi connectivity index (χ0v) is 12.1. The minimum absolute atomic E-state index is 0.501. The highest BCUT2D eigenvalue weighted by Crippen LogP contribution is 2.25. The highest BCUT2D eigenvalue weighted by Gasteiger charge is 2.07. The van der Waals surface area contributed by atoms with E-state index in [2.05, 4.69) is 21.6 Å². The maximum Gasteiger partial charge on any atom is 0.247 e. The number of rotatable bonds is 4. The van der Waals surface area contributed by atoms with Crippen molar-refractivity contribution in [3.8, 4) is 17.5 Å². The lowest BCUT2D eigenvalue weighted by atomic mass is 10.1. The van der Waals surface area contributed by atoms with E-state index in [-0.39, 0.29) is 0 Å². The Labute approximate surface area is 125 Å². The average Bonchev–Trinajstić information content (AvgIpc) is 3.18. The Hall–Kier alpha value is -2.65. The van der Waals surface area contributed by atoms with Crippen molar-refractivity contribution < 1.29 is 4.42 Å². The molecule has 0 amide bonds. The van der Waals surface area contributed by atoms with E-state index >= 15 is 0 Å². The SMILES string of the molecule is Cc1ccc(-c2nnco2)cc1NCc1cc(C#N)cs1.